The smallest absolute Gasteiger partial charge is 0.331 e. The van der Waals surface area contributed by atoms with Crippen LogP contribution in [0.4, 0.5) is 0 Å². The number of benzene rings is 1. The molecular weight excluding hydrogens is 258 g/mol. The van der Waals surface area contributed by atoms with Gasteiger partial charge in [0, 0.05) is 10.6 Å². The number of amides is 1. The van der Waals surface area contributed by atoms with Crippen molar-refractivity contribution in [2.75, 3.05) is 7.11 Å². The van der Waals surface area contributed by atoms with Gasteiger partial charge in [-0.05, 0) is 31.2 Å². The van der Waals surface area contributed by atoms with E-state index >= 15 is 0 Å². The Balaban J connectivity index is 2.78. The molecule has 0 aliphatic carbocycles. The standard InChI is InChI=1S/C12H14ClNO4/c1-7(15)10(12(17)18-2)14-11(16)8-3-5-9(13)6-4-8/h3-7,10,15H,1-2H3,(H,14,16)/t7-,10+/m1/s1. The van der Waals surface area contributed by atoms with Crippen LogP contribution in [-0.2, 0) is 9.53 Å². The molecule has 18 heavy (non-hydrogen) atoms. The summed E-state index contributed by atoms with van der Waals surface area (Å²) in [6.07, 6.45) is -1.05. The molecule has 1 rings (SSSR count). The molecule has 0 unspecified atom stereocenters. The Hall–Kier alpha value is -1.59. The lowest BCUT2D eigenvalue weighted by atomic mass is 10.1. The summed E-state index contributed by atoms with van der Waals surface area (Å²) in [5.74, 6) is -1.18. The molecule has 0 aliphatic rings. The number of carbonyl (C=O) groups excluding carboxylic acids is 2. The minimum Gasteiger partial charge on any atom is -0.467 e. The zero-order valence-electron chi connectivity index (χ0n) is 10.0. The highest BCUT2D eigenvalue weighted by atomic mass is 35.5. The molecule has 0 aliphatic heterocycles. The van der Waals surface area contributed by atoms with E-state index in [1.165, 1.54) is 26.2 Å². The molecule has 0 fully saturated rings. The van der Waals surface area contributed by atoms with Crippen molar-refractivity contribution < 1.29 is 19.4 Å². The summed E-state index contributed by atoms with van der Waals surface area (Å²) in [6.45, 7) is 1.39. The normalized spacial score (nSPS) is 13.6. The number of rotatable bonds is 4. The van der Waals surface area contributed by atoms with Crippen molar-refractivity contribution in [3.8, 4) is 0 Å². The Labute approximate surface area is 110 Å². The van der Waals surface area contributed by atoms with Gasteiger partial charge in [0.1, 0.15) is 0 Å². The Morgan fingerprint density at radius 1 is 1.33 bits per heavy atom. The summed E-state index contributed by atoms with van der Waals surface area (Å²) in [4.78, 5) is 23.2. The first-order chi connectivity index (χ1) is 8.45. The number of carbonyl (C=O) groups is 2. The lowest BCUT2D eigenvalue weighted by Gasteiger charge is -2.18. The fourth-order valence-corrected chi connectivity index (χ4v) is 1.46. The molecule has 0 heterocycles. The quantitative estimate of drug-likeness (QED) is 0.801. The van der Waals surface area contributed by atoms with Crippen LogP contribution in [0.5, 0.6) is 0 Å². The first-order valence-electron chi connectivity index (χ1n) is 5.28. The number of aliphatic hydroxyl groups is 1. The van der Waals surface area contributed by atoms with Crippen molar-refractivity contribution in [1.29, 1.82) is 0 Å². The number of hydrogen-bond acceptors (Lipinski definition) is 4. The van der Waals surface area contributed by atoms with Crippen LogP contribution < -0.4 is 5.32 Å². The third-order valence-electron chi connectivity index (χ3n) is 2.33. The number of nitrogens with one attached hydrogen (secondary N) is 1. The lowest BCUT2D eigenvalue weighted by molar-refractivity contribution is -0.145. The van der Waals surface area contributed by atoms with E-state index in [1.54, 1.807) is 12.1 Å². The predicted molar refractivity (Wildman–Crippen MR) is 66.4 cm³/mol. The molecule has 1 aromatic rings. The average molecular weight is 272 g/mol. The van der Waals surface area contributed by atoms with Crippen molar-refractivity contribution in [1.82, 2.24) is 5.32 Å². The monoisotopic (exact) mass is 271 g/mol. The summed E-state index contributed by atoms with van der Waals surface area (Å²) in [7, 11) is 1.19. The van der Waals surface area contributed by atoms with Gasteiger partial charge in [0.2, 0.25) is 0 Å². The second kappa shape index (κ2) is 6.37. The van der Waals surface area contributed by atoms with Gasteiger partial charge in [-0.25, -0.2) is 4.79 Å². The van der Waals surface area contributed by atoms with Gasteiger partial charge < -0.3 is 15.2 Å². The molecule has 0 spiro atoms. The zero-order chi connectivity index (χ0) is 13.7. The third-order valence-corrected chi connectivity index (χ3v) is 2.58. The lowest BCUT2D eigenvalue weighted by Crippen LogP contribution is -2.48. The van der Waals surface area contributed by atoms with Gasteiger partial charge in [0.25, 0.3) is 5.91 Å². The highest BCUT2D eigenvalue weighted by molar-refractivity contribution is 6.30. The summed E-state index contributed by atoms with van der Waals surface area (Å²) in [5, 5.41) is 12.3. The van der Waals surface area contributed by atoms with Gasteiger partial charge in [-0.1, -0.05) is 11.6 Å². The largest absolute Gasteiger partial charge is 0.467 e. The van der Waals surface area contributed by atoms with Gasteiger partial charge >= 0.3 is 5.97 Å². The fourth-order valence-electron chi connectivity index (χ4n) is 1.33. The average Bonchev–Trinajstić information content (AvgIpc) is 2.35. The molecule has 6 heteroatoms. The second-order valence-electron chi connectivity index (χ2n) is 3.72. The summed E-state index contributed by atoms with van der Waals surface area (Å²) in [5.41, 5.74) is 0.342. The Morgan fingerprint density at radius 3 is 2.33 bits per heavy atom. The van der Waals surface area contributed by atoms with E-state index in [4.69, 9.17) is 11.6 Å². The van der Waals surface area contributed by atoms with E-state index in [0.717, 1.165) is 0 Å². The van der Waals surface area contributed by atoms with Crippen LogP contribution in [0.3, 0.4) is 0 Å². The van der Waals surface area contributed by atoms with Crippen molar-refractivity contribution in [3.05, 3.63) is 34.9 Å². The maximum absolute atomic E-state index is 11.8. The minimum atomic E-state index is -1.10. The topological polar surface area (TPSA) is 75.6 Å². The van der Waals surface area contributed by atoms with E-state index in [2.05, 4.69) is 10.1 Å². The van der Waals surface area contributed by atoms with Crippen molar-refractivity contribution in [2.24, 2.45) is 0 Å². The number of esters is 1. The maximum atomic E-state index is 11.8. The predicted octanol–water partition coefficient (Wildman–Crippen LogP) is 0.992. The van der Waals surface area contributed by atoms with Crippen LogP contribution >= 0.6 is 11.6 Å². The van der Waals surface area contributed by atoms with Crippen LogP contribution in [0.15, 0.2) is 24.3 Å². The van der Waals surface area contributed by atoms with Crippen LogP contribution in [0.25, 0.3) is 0 Å². The Bertz CT molecular complexity index is 430. The van der Waals surface area contributed by atoms with Crippen molar-refractivity contribution in [3.63, 3.8) is 0 Å². The van der Waals surface area contributed by atoms with Crippen molar-refractivity contribution in [2.45, 2.75) is 19.1 Å². The molecule has 0 saturated heterocycles. The summed E-state index contributed by atoms with van der Waals surface area (Å²) < 4.78 is 4.49. The molecule has 98 valence electrons. The number of aliphatic hydroxyl groups excluding tert-OH is 1. The first kappa shape index (κ1) is 14.5. The third kappa shape index (κ3) is 3.72. The van der Waals surface area contributed by atoms with E-state index in [1.807, 2.05) is 0 Å². The van der Waals surface area contributed by atoms with E-state index < -0.39 is 24.0 Å². The minimum absolute atomic E-state index is 0.342. The second-order valence-corrected chi connectivity index (χ2v) is 4.16. The number of hydrogen-bond donors (Lipinski definition) is 2. The van der Waals surface area contributed by atoms with Crippen LogP contribution in [0.2, 0.25) is 5.02 Å². The Kier molecular flexibility index (Phi) is 5.12. The summed E-state index contributed by atoms with van der Waals surface area (Å²) in [6, 6.07) is 5.07. The highest BCUT2D eigenvalue weighted by Gasteiger charge is 2.26. The molecule has 5 nitrogen and oxygen atoms in total. The maximum Gasteiger partial charge on any atom is 0.331 e. The number of halogens is 1. The van der Waals surface area contributed by atoms with Gasteiger partial charge in [0.15, 0.2) is 6.04 Å². The van der Waals surface area contributed by atoms with E-state index in [9.17, 15) is 14.7 Å². The van der Waals surface area contributed by atoms with Gasteiger partial charge in [-0.15, -0.1) is 0 Å². The van der Waals surface area contributed by atoms with Gasteiger partial charge in [0.05, 0.1) is 13.2 Å². The van der Waals surface area contributed by atoms with Crippen molar-refractivity contribution >= 4 is 23.5 Å². The van der Waals surface area contributed by atoms with E-state index in [-0.39, 0.29) is 0 Å². The molecule has 2 N–H and O–H groups in total. The van der Waals surface area contributed by atoms with Gasteiger partial charge in [-0.3, -0.25) is 4.79 Å². The fraction of sp³-hybridized carbons (Fsp3) is 0.333. The SMILES string of the molecule is COC(=O)[C@@H](NC(=O)c1ccc(Cl)cc1)[C@@H](C)O. The number of methoxy groups -OCH3 is 1. The molecule has 1 amide bonds. The molecule has 0 saturated carbocycles. The first-order valence-corrected chi connectivity index (χ1v) is 5.66. The molecule has 0 radical (unpaired) electrons. The Morgan fingerprint density at radius 2 is 1.89 bits per heavy atom. The molecule has 0 bridgehead atoms. The van der Waals surface area contributed by atoms with Crippen LogP contribution in [-0.4, -0.2) is 36.2 Å². The molecule has 0 aromatic heterocycles. The highest BCUT2D eigenvalue weighted by Crippen LogP contribution is 2.10. The van der Waals surface area contributed by atoms with E-state index in [0.29, 0.717) is 10.6 Å². The summed E-state index contributed by atoms with van der Waals surface area (Å²) >= 11 is 5.70. The van der Waals surface area contributed by atoms with Gasteiger partial charge in [-0.2, -0.15) is 0 Å². The molecule has 2 atom stereocenters. The molecular formula is C12H14ClNO4. The number of ether oxygens (including phenoxy) is 1. The molecule has 1 aromatic carbocycles. The zero-order valence-corrected chi connectivity index (χ0v) is 10.8. The van der Waals surface area contributed by atoms with Crippen LogP contribution in [0, 0.1) is 0 Å². The van der Waals surface area contributed by atoms with Crippen LogP contribution in [0.1, 0.15) is 17.3 Å².